The second-order valence-corrected chi connectivity index (χ2v) is 2.54. The molecule has 0 radical (unpaired) electrons. The van der Waals surface area contributed by atoms with Crippen molar-refractivity contribution in [3.05, 3.63) is 17.8 Å². The lowest BCUT2D eigenvalue weighted by Crippen LogP contribution is -2.13. The van der Waals surface area contributed by atoms with Crippen LogP contribution in [0.5, 0.6) is 5.88 Å². The van der Waals surface area contributed by atoms with Crippen molar-refractivity contribution in [3.8, 4) is 5.88 Å². The first-order valence-electron chi connectivity index (χ1n) is 3.84. The van der Waals surface area contributed by atoms with Crippen molar-refractivity contribution >= 4 is 11.8 Å². The fourth-order valence-corrected chi connectivity index (χ4v) is 0.952. The minimum Gasteiger partial charge on any atom is -0.481 e. The largest absolute Gasteiger partial charge is 0.481 e. The average molecular weight is 197 g/mol. The molecule has 14 heavy (non-hydrogen) atoms. The Morgan fingerprint density at radius 3 is 2.93 bits per heavy atom. The maximum absolute atomic E-state index is 10.4. The summed E-state index contributed by atoms with van der Waals surface area (Å²) in [6.07, 6.45) is 0.599. The molecule has 0 fully saturated rings. The molecule has 6 nitrogen and oxygen atoms in total. The number of amides is 1. The standard InChI is InChI=1S/C8H11N3O3/c1-13-7-5(4-14-8(10)12)2-6(9)3-11-7/h2-3H,4,9H2,1H3,(H2,10,12). The van der Waals surface area contributed by atoms with Crippen molar-refractivity contribution in [2.75, 3.05) is 12.8 Å². The van der Waals surface area contributed by atoms with Gasteiger partial charge in [0.1, 0.15) is 6.61 Å². The fraction of sp³-hybridized carbons (Fsp3) is 0.250. The summed E-state index contributed by atoms with van der Waals surface area (Å²) in [6.45, 7) is -0.00343. The molecule has 0 aromatic carbocycles. The number of methoxy groups -OCH3 is 1. The molecule has 0 unspecified atom stereocenters. The molecule has 0 saturated carbocycles. The number of nitrogen functional groups attached to an aromatic ring is 1. The van der Waals surface area contributed by atoms with Crippen LogP contribution in [0.25, 0.3) is 0 Å². The number of carbonyl (C=O) groups excluding carboxylic acids is 1. The number of primary amides is 1. The predicted octanol–water partition coefficient (Wildman–Crippen LogP) is 0.268. The smallest absolute Gasteiger partial charge is 0.404 e. The van der Waals surface area contributed by atoms with Crippen molar-refractivity contribution in [1.82, 2.24) is 4.98 Å². The lowest BCUT2D eigenvalue weighted by Gasteiger charge is -2.07. The van der Waals surface area contributed by atoms with E-state index in [2.05, 4.69) is 9.72 Å². The van der Waals surface area contributed by atoms with E-state index < -0.39 is 6.09 Å². The maximum atomic E-state index is 10.4. The van der Waals surface area contributed by atoms with E-state index in [9.17, 15) is 4.79 Å². The molecule has 1 aromatic rings. The van der Waals surface area contributed by atoms with Gasteiger partial charge in [0, 0.05) is 0 Å². The third kappa shape index (κ3) is 2.51. The van der Waals surface area contributed by atoms with E-state index in [1.165, 1.54) is 13.3 Å². The molecule has 76 valence electrons. The first kappa shape index (κ1) is 10.1. The molecule has 0 atom stereocenters. The number of hydrogen-bond acceptors (Lipinski definition) is 5. The van der Waals surface area contributed by atoms with Crippen LogP contribution in [0.2, 0.25) is 0 Å². The number of nitrogens with zero attached hydrogens (tertiary/aromatic N) is 1. The monoisotopic (exact) mass is 197 g/mol. The fourth-order valence-electron chi connectivity index (χ4n) is 0.952. The summed E-state index contributed by atoms with van der Waals surface area (Å²) in [6, 6.07) is 1.61. The van der Waals surface area contributed by atoms with Gasteiger partial charge in [-0.2, -0.15) is 0 Å². The van der Waals surface area contributed by atoms with Crippen LogP contribution in [0.1, 0.15) is 5.56 Å². The van der Waals surface area contributed by atoms with Crippen LogP contribution in [0.3, 0.4) is 0 Å². The number of anilines is 1. The highest BCUT2D eigenvalue weighted by molar-refractivity contribution is 5.64. The summed E-state index contributed by atoms with van der Waals surface area (Å²) in [5, 5.41) is 0. The van der Waals surface area contributed by atoms with Crippen LogP contribution in [0, 0.1) is 0 Å². The highest BCUT2D eigenvalue weighted by Crippen LogP contribution is 2.18. The highest BCUT2D eigenvalue weighted by atomic mass is 16.5. The highest BCUT2D eigenvalue weighted by Gasteiger charge is 2.06. The third-order valence-electron chi connectivity index (χ3n) is 1.51. The van der Waals surface area contributed by atoms with Gasteiger partial charge in [-0.25, -0.2) is 9.78 Å². The topological polar surface area (TPSA) is 100 Å². The Kier molecular flexibility index (Phi) is 3.11. The first-order valence-corrected chi connectivity index (χ1v) is 3.84. The van der Waals surface area contributed by atoms with Crippen LogP contribution in [0.15, 0.2) is 12.3 Å². The van der Waals surface area contributed by atoms with E-state index in [0.29, 0.717) is 17.1 Å². The van der Waals surface area contributed by atoms with Gasteiger partial charge < -0.3 is 20.9 Å². The third-order valence-corrected chi connectivity index (χ3v) is 1.51. The molecule has 0 bridgehead atoms. The second-order valence-electron chi connectivity index (χ2n) is 2.54. The molecule has 1 amide bonds. The maximum Gasteiger partial charge on any atom is 0.404 e. The van der Waals surface area contributed by atoms with Gasteiger partial charge in [0.2, 0.25) is 5.88 Å². The van der Waals surface area contributed by atoms with Crippen LogP contribution >= 0.6 is 0 Å². The van der Waals surface area contributed by atoms with Crippen LogP contribution in [-0.4, -0.2) is 18.2 Å². The van der Waals surface area contributed by atoms with Crippen molar-refractivity contribution in [2.45, 2.75) is 6.61 Å². The second kappa shape index (κ2) is 4.31. The number of carbonyl (C=O) groups is 1. The van der Waals surface area contributed by atoms with Crippen molar-refractivity contribution in [1.29, 1.82) is 0 Å². The number of aromatic nitrogens is 1. The van der Waals surface area contributed by atoms with E-state index in [4.69, 9.17) is 16.2 Å². The normalized spacial score (nSPS) is 9.50. The average Bonchev–Trinajstić information content (AvgIpc) is 2.15. The van der Waals surface area contributed by atoms with Gasteiger partial charge in [-0.05, 0) is 6.07 Å². The Hall–Kier alpha value is -1.98. The van der Waals surface area contributed by atoms with E-state index in [1.807, 2.05) is 0 Å². The Labute approximate surface area is 80.8 Å². The molecular weight excluding hydrogens is 186 g/mol. The minimum absolute atomic E-state index is 0.00343. The van der Waals surface area contributed by atoms with Crippen LogP contribution in [0.4, 0.5) is 10.5 Å². The Morgan fingerprint density at radius 2 is 2.36 bits per heavy atom. The van der Waals surface area contributed by atoms with Crippen LogP contribution in [-0.2, 0) is 11.3 Å². The van der Waals surface area contributed by atoms with Crippen molar-refractivity contribution in [3.63, 3.8) is 0 Å². The van der Waals surface area contributed by atoms with Gasteiger partial charge in [-0.3, -0.25) is 0 Å². The number of hydrogen-bond donors (Lipinski definition) is 2. The summed E-state index contributed by atoms with van der Waals surface area (Å²) in [5.74, 6) is 0.362. The molecule has 0 saturated heterocycles. The number of pyridine rings is 1. The summed E-state index contributed by atoms with van der Waals surface area (Å²) < 4.78 is 9.52. The molecule has 1 aromatic heterocycles. The summed E-state index contributed by atoms with van der Waals surface area (Å²) >= 11 is 0. The van der Waals surface area contributed by atoms with Crippen LogP contribution < -0.4 is 16.2 Å². The lowest BCUT2D eigenvalue weighted by molar-refractivity contribution is 0.149. The first-order chi connectivity index (χ1) is 6.63. The number of rotatable bonds is 3. The lowest BCUT2D eigenvalue weighted by atomic mass is 10.2. The van der Waals surface area contributed by atoms with E-state index in [-0.39, 0.29) is 6.61 Å². The summed E-state index contributed by atoms with van der Waals surface area (Å²) in [7, 11) is 1.46. The van der Waals surface area contributed by atoms with Gasteiger partial charge >= 0.3 is 6.09 Å². The zero-order valence-corrected chi connectivity index (χ0v) is 7.69. The van der Waals surface area contributed by atoms with Gasteiger partial charge in [0.15, 0.2) is 0 Å². The SMILES string of the molecule is COc1ncc(N)cc1COC(N)=O. The summed E-state index contributed by atoms with van der Waals surface area (Å²) in [4.78, 5) is 14.3. The van der Waals surface area contributed by atoms with E-state index in [0.717, 1.165) is 0 Å². The number of nitrogens with two attached hydrogens (primary N) is 2. The Morgan fingerprint density at radius 1 is 1.64 bits per heavy atom. The molecule has 4 N–H and O–H groups in total. The molecule has 6 heteroatoms. The van der Waals surface area contributed by atoms with E-state index in [1.54, 1.807) is 6.07 Å². The summed E-state index contributed by atoms with van der Waals surface area (Å²) in [5.41, 5.74) is 11.4. The number of ether oxygens (including phenoxy) is 2. The van der Waals surface area contributed by atoms with Gasteiger partial charge in [0.25, 0.3) is 0 Å². The zero-order chi connectivity index (χ0) is 10.6. The molecule has 1 rings (SSSR count). The quantitative estimate of drug-likeness (QED) is 0.724. The molecule has 0 aliphatic heterocycles. The predicted molar refractivity (Wildman–Crippen MR) is 49.6 cm³/mol. The molecular formula is C8H11N3O3. The molecule has 0 aliphatic rings. The molecule has 0 aliphatic carbocycles. The van der Waals surface area contributed by atoms with Crippen molar-refractivity contribution < 1.29 is 14.3 Å². The Bertz CT molecular complexity index is 341. The van der Waals surface area contributed by atoms with Gasteiger partial charge in [0.05, 0.1) is 24.6 Å². The van der Waals surface area contributed by atoms with Crippen molar-refractivity contribution in [2.24, 2.45) is 5.73 Å². The van der Waals surface area contributed by atoms with Gasteiger partial charge in [-0.15, -0.1) is 0 Å². The zero-order valence-electron chi connectivity index (χ0n) is 7.69. The molecule has 0 spiro atoms. The minimum atomic E-state index is -0.852. The van der Waals surface area contributed by atoms with Gasteiger partial charge in [-0.1, -0.05) is 0 Å². The van der Waals surface area contributed by atoms with E-state index >= 15 is 0 Å². The Balaban J connectivity index is 2.82. The molecule has 1 heterocycles.